The number of carbonyl (C=O) groups excluding carboxylic acids is 6. The lowest BCUT2D eigenvalue weighted by atomic mass is 10.1. The van der Waals surface area contributed by atoms with Gasteiger partial charge in [0.2, 0.25) is 11.9 Å². The van der Waals surface area contributed by atoms with Crippen LogP contribution in [0.1, 0.15) is 109 Å². The summed E-state index contributed by atoms with van der Waals surface area (Å²) in [7, 11) is 1.64. The van der Waals surface area contributed by atoms with Gasteiger partial charge in [-0.1, -0.05) is 23.7 Å². The molecule has 0 bridgehead atoms. The molecule has 3 amide bonds. The molecule has 0 atom stereocenters. The van der Waals surface area contributed by atoms with Crippen LogP contribution >= 0.6 is 11.6 Å². The Labute approximate surface area is 368 Å². The van der Waals surface area contributed by atoms with E-state index in [2.05, 4.69) is 15.6 Å². The van der Waals surface area contributed by atoms with Crippen molar-refractivity contribution in [3.8, 4) is 5.75 Å². The quantitative estimate of drug-likeness (QED) is 0.0616. The van der Waals surface area contributed by atoms with E-state index in [9.17, 15) is 28.8 Å². The predicted molar refractivity (Wildman–Crippen MR) is 235 cm³/mol. The molecule has 336 valence electrons. The maximum atomic E-state index is 13.8. The maximum Gasteiger partial charge on any atom is 0.414 e. The molecule has 0 saturated heterocycles. The van der Waals surface area contributed by atoms with Crippen LogP contribution in [0.15, 0.2) is 71.7 Å². The van der Waals surface area contributed by atoms with E-state index in [1.165, 1.54) is 41.3 Å². The zero-order valence-electron chi connectivity index (χ0n) is 37.7. The molecule has 62 heavy (non-hydrogen) atoms. The molecule has 3 rings (SSSR count). The minimum atomic E-state index is -0.866. The van der Waals surface area contributed by atoms with Gasteiger partial charge in [0, 0.05) is 19.7 Å². The zero-order valence-corrected chi connectivity index (χ0v) is 38.4. The summed E-state index contributed by atoms with van der Waals surface area (Å²) in [5, 5.41) is 4.95. The van der Waals surface area contributed by atoms with Crippen molar-refractivity contribution in [3.05, 3.63) is 88.4 Å². The molecule has 2 N–H and O–H groups in total. The second-order valence-electron chi connectivity index (χ2n) is 18.2. The second-order valence-corrected chi connectivity index (χ2v) is 18.6. The summed E-state index contributed by atoms with van der Waals surface area (Å²) in [5.74, 6) is -2.45. The Bertz CT molecular complexity index is 2110. The van der Waals surface area contributed by atoms with Crippen molar-refractivity contribution in [2.75, 3.05) is 25.0 Å². The SMILES string of the molecule is CN(CC(=O)N(CC(=O)OC(C)(C)C)Cc1cccc(C(=O)OC(C)(C)C)c1)c1ccc(OC(=O)c2ccc(N=C(NC(=O)OC(C)(C)C)NC(=O)OC(C)(C)C)cc2)cc1Cl. The molecule has 3 aromatic carbocycles. The predicted octanol–water partition coefficient (Wildman–Crippen LogP) is 8.36. The van der Waals surface area contributed by atoms with Gasteiger partial charge in [-0.15, -0.1) is 0 Å². The van der Waals surface area contributed by atoms with E-state index >= 15 is 0 Å². The van der Waals surface area contributed by atoms with Gasteiger partial charge < -0.3 is 33.5 Å². The monoisotopic (exact) mass is 879 g/mol. The fourth-order valence-electron chi connectivity index (χ4n) is 5.22. The average molecular weight is 880 g/mol. The van der Waals surface area contributed by atoms with Crippen LogP contribution in [0.5, 0.6) is 5.75 Å². The van der Waals surface area contributed by atoms with Crippen LogP contribution < -0.4 is 20.3 Å². The molecule has 0 aromatic heterocycles. The van der Waals surface area contributed by atoms with Gasteiger partial charge in [0.1, 0.15) is 34.7 Å². The lowest BCUT2D eigenvalue weighted by Gasteiger charge is -2.28. The van der Waals surface area contributed by atoms with Crippen molar-refractivity contribution >= 4 is 64.9 Å². The molecule has 0 saturated carbocycles. The first-order valence-corrected chi connectivity index (χ1v) is 20.1. The minimum absolute atomic E-state index is 0.00832. The molecule has 0 aliphatic rings. The van der Waals surface area contributed by atoms with Gasteiger partial charge >= 0.3 is 30.1 Å². The molecule has 0 unspecified atom stereocenters. The molecular formula is C45H58ClN5O11. The molecule has 16 nitrogen and oxygen atoms in total. The summed E-state index contributed by atoms with van der Waals surface area (Å²) in [5.41, 5.74) is -1.41. The highest BCUT2D eigenvalue weighted by atomic mass is 35.5. The topological polar surface area (TPSA) is 191 Å². The Morgan fingerprint density at radius 2 is 1.18 bits per heavy atom. The second kappa shape index (κ2) is 20.6. The number of aliphatic imine (C=N–C) groups is 1. The Kier molecular flexibility index (Phi) is 16.7. The first-order chi connectivity index (χ1) is 28.4. The van der Waals surface area contributed by atoms with Crippen molar-refractivity contribution in [3.63, 3.8) is 0 Å². The van der Waals surface area contributed by atoms with Crippen molar-refractivity contribution in [2.45, 2.75) is 112 Å². The smallest absolute Gasteiger partial charge is 0.414 e. The number of nitrogens with zero attached hydrogens (tertiary/aromatic N) is 3. The number of alkyl carbamates (subject to hydrolysis) is 2. The van der Waals surface area contributed by atoms with E-state index in [1.807, 2.05) is 0 Å². The maximum absolute atomic E-state index is 13.8. The van der Waals surface area contributed by atoms with E-state index < -0.39 is 58.4 Å². The lowest BCUT2D eigenvalue weighted by molar-refractivity contribution is -0.159. The van der Waals surface area contributed by atoms with Crippen molar-refractivity contribution in [2.24, 2.45) is 4.99 Å². The van der Waals surface area contributed by atoms with E-state index in [-0.39, 0.29) is 47.6 Å². The Morgan fingerprint density at radius 1 is 0.629 bits per heavy atom. The normalized spacial score (nSPS) is 11.6. The number of esters is 3. The Balaban J connectivity index is 1.75. The summed E-state index contributed by atoms with van der Waals surface area (Å²) in [6.07, 6.45) is -1.73. The van der Waals surface area contributed by atoms with Gasteiger partial charge in [0.05, 0.1) is 34.1 Å². The van der Waals surface area contributed by atoms with Crippen LogP contribution in [-0.2, 0) is 35.1 Å². The number of carbonyl (C=O) groups is 6. The molecule has 0 aliphatic carbocycles. The van der Waals surface area contributed by atoms with E-state index in [0.717, 1.165) is 0 Å². The summed E-state index contributed by atoms with van der Waals surface area (Å²) in [6, 6.07) is 17.0. The van der Waals surface area contributed by atoms with Crippen LogP contribution in [0.2, 0.25) is 5.02 Å². The number of likely N-dealkylation sites (N-methyl/N-ethyl adjacent to an activating group) is 1. The third kappa shape index (κ3) is 18.2. The number of guanidine groups is 1. The summed E-state index contributed by atoms with van der Waals surface area (Å²) < 4.78 is 27.1. The van der Waals surface area contributed by atoms with Gasteiger partial charge in [-0.05, 0) is 137 Å². The average Bonchev–Trinajstić information content (AvgIpc) is 3.08. The number of nitrogens with one attached hydrogen (secondary N) is 2. The third-order valence-corrected chi connectivity index (χ3v) is 7.83. The molecule has 0 heterocycles. The van der Waals surface area contributed by atoms with Crippen LogP contribution in [0.4, 0.5) is 21.0 Å². The van der Waals surface area contributed by atoms with Crippen molar-refractivity contribution in [1.82, 2.24) is 15.5 Å². The zero-order chi connectivity index (χ0) is 46.8. The molecule has 3 aromatic rings. The largest absolute Gasteiger partial charge is 0.459 e. The van der Waals surface area contributed by atoms with Crippen molar-refractivity contribution < 1.29 is 52.5 Å². The number of benzene rings is 3. The van der Waals surface area contributed by atoms with Gasteiger partial charge in [0.25, 0.3) is 0 Å². The van der Waals surface area contributed by atoms with Crippen LogP contribution in [0, 0.1) is 0 Å². The molecular weight excluding hydrogens is 822 g/mol. The minimum Gasteiger partial charge on any atom is -0.459 e. The Morgan fingerprint density at radius 3 is 1.69 bits per heavy atom. The number of rotatable bonds is 11. The molecule has 0 aliphatic heterocycles. The molecule has 17 heteroatoms. The van der Waals surface area contributed by atoms with Gasteiger partial charge in [-0.2, -0.15) is 0 Å². The number of halogens is 1. The van der Waals surface area contributed by atoms with Crippen LogP contribution in [0.25, 0.3) is 0 Å². The van der Waals surface area contributed by atoms with E-state index in [0.29, 0.717) is 16.8 Å². The fraction of sp³-hybridized carbons (Fsp3) is 0.444. The molecule has 0 spiro atoms. The van der Waals surface area contributed by atoms with Crippen LogP contribution in [-0.4, -0.2) is 89.4 Å². The number of hydrogen-bond donors (Lipinski definition) is 2. The van der Waals surface area contributed by atoms with Gasteiger partial charge in [-0.25, -0.2) is 24.2 Å². The van der Waals surface area contributed by atoms with Crippen LogP contribution in [0.3, 0.4) is 0 Å². The number of hydrogen-bond acceptors (Lipinski definition) is 13. The van der Waals surface area contributed by atoms with Gasteiger partial charge in [-0.3, -0.25) is 20.2 Å². The summed E-state index contributed by atoms with van der Waals surface area (Å²) in [4.78, 5) is 84.7. The molecule has 0 fully saturated rings. The standard InChI is InChI=1S/C45H58ClN5O11/c1-42(2,3)59-36(53)27-51(25-28-15-14-16-30(23-28)38(55)60-43(4,5)6)35(52)26-50(13)34-22-21-32(24-33(34)46)58-37(54)29-17-19-31(20-18-29)47-39(48-40(56)61-44(7,8)9)49-41(57)62-45(10,11)12/h14-24H,25-27H2,1-13H3,(H2,47,48,49,56,57). The first-order valence-electron chi connectivity index (χ1n) is 19.7. The third-order valence-electron chi connectivity index (χ3n) is 7.52. The first kappa shape index (κ1) is 50.2. The Hall–Kier alpha value is -6.16. The summed E-state index contributed by atoms with van der Waals surface area (Å²) >= 11 is 6.64. The highest BCUT2D eigenvalue weighted by Gasteiger charge is 2.26. The lowest BCUT2D eigenvalue weighted by Crippen LogP contribution is -2.47. The number of ether oxygens (including phenoxy) is 5. The van der Waals surface area contributed by atoms with E-state index in [1.54, 1.807) is 125 Å². The van der Waals surface area contributed by atoms with E-state index in [4.69, 9.17) is 35.3 Å². The molecule has 0 radical (unpaired) electrons. The summed E-state index contributed by atoms with van der Waals surface area (Å²) in [6.45, 7) is 20.0. The number of anilines is 1. The van der Waals surface area contributed by atoms with Crippen molar-refractivity contribution in [1.29, 1.82) is 0 Å². The fourth-order valence-corrected chi connectivity index (χ4v) is 5.53. The van der Waals surface area contributed by atoms with Gasteiger partial charge in [0.15, 0.2) is 0 Å². The highest BCUT2D eigenvalue weighted by Crippen LogP contribution is 2.30. The number of amides is 3. The highest BCUT2D eigenvalue weighted by molar-refractivity contribution is 6.33.